The maximum absolute atomic E-state index is 12.4. The zero-order valence-corrected chi connectivity index (χ0v) is 17.5. The second-order valence-corrected chi connectivity index (χ2v) is 7.44. The highest BCUT2D eigenvalue weighted by atomic mass is 19.4. The lowest BCUT2D eigenvalue weighted by atomic mass is 10.3. The molecule has 31 heavy (non-hydrogen) atoms. The van der Waals surface area contributed by atoms with Gasteiger partial charge in [-0.05, 0) is 32.2 Å². The number of aromatic nitrogens is 2. The fourth-order valence-electron chi connectivity index (χ4n) is 3.49. The fraction of sp³-hybridized carbons (Fsp3) is 0.684. The smallest absolute Gasteiger partial charge is 0.475 e. The summed E-state index contributed by atoms with van der Waals surface area (Å²) in [6.45, 7) is 7.56. The number of hydrogen-bond donors (Lipinski definition) is 2. The Balaban J connectivity index is 0.000000423. The quantitative estimate of drug-likeness (QED) is 0.729. The highest BCUT2D eigenvalue weighted by Gasteiger charge is 2.38. The van der Waals surface area contributed by atoms with Crippen LogP contribution < -0.4 is 10.9 Å². The number of nitrogens with zero attached hydrogens (tertiary/aromatic N) is 4. The van der Waals surface area contributed by atoms with Crippen LogP contribution in [0.3, 0.4) is 0 Å². The van der Waals surface area contributed by atoms with E-state index in [9.17, 15) is 22.8 Å². The average molecular weight is 447 g/mol. The minimum atomic E-state index is -5.08. The highest BCUT2D eigenvalue weighted by molar-refractivity contribution is 5.74. The molecule has 1 aromatic heterocycles. The van der Waals surface area contributed by atoms with Gasteiger partial charge >= 0.3 is 18.2 Å². The summed E-state index contributed by atoms with van der Waals surface area (Å²) in [6, 6.07) is 1.50. The Morgan fingerprint density at radius 2 is 1.81 bits per heavy atom. The van der Waals surface area contributed by atoms with Gasteiger partial charge in [-0.25, -0.2) is 14.6 Å². The van der Waals surface area contributed by atoms with Gasteiger partial charge in [0.15, 0.2) is 0 Å². The Labute approximate surface area is 177 Å². The molecule has 0 unspecified atom stereocenters. The number of carbonyl (C=O) groups is 2. The Bertz CT molecular complexity index is 822. The number of aliphatic carboxylic acids is 1. The topological polar surface area (TPSA) is 108 Å². The van der Waals surface area contributed by atoms with Crippen LogP contribution in [-0.4, -0.2) is 68.8 Å². The first-order valence-corrected chi connectivity index (χ1v) is 10.3. The summed E-state index contributed by atoms with van der Waals surface area (Å²) in [7, 11) is 0. The fourth-order valence-corrected chi connectivity index (χ4v) is 3.49. The third kappa shape index (κ3) is 7.53. The van der Waals surface area contributed by atoms with Crippen LogP contribution in [0.1, 0.15) is 44.1 Å². The van der Waals surface area contributed by atoms with Crippen LogP contribution in [0.15, 0.2) is 10.9 Å². The van der Waals surface area contributed by atoms with Crippen molar-refractivity contribution in [3.63, 3.8) is 0 Å². The lowest BCUT2D eigenvalue weighted by Crippen LogP contribution is -2.38. The SMILES string of the molecule is CCCN1CCCn2c(nc(CNC(=O)N3CCCC3)cc2=O)C1.O=C(O)C(F)(F)F. The molecule has 2 aliphatic rings. The number of likely N-dealkylation sites (tertiary alicyclic amines) is 1. The highest BCUT2D eigenvalue weighted by Crippen LogP contribution is 2.13. The molecule has 2 N–H and O–H groups in total. The Hall–Kier alpha value is -2.63. The molecule has 1 aromatic rings. The van der Waals surface area contributed by atoms with E-state index < -0.39 is 12.1 Å². The first kappa shape index (κ1) is 24.6. The van der Waals surface area contributed by atoms with Crippen molar-refractivity contribution < 1.29 is 27.9 Å². The number of hydrogen-bond acceptors (Lipinski definition) is 5. The van der Waals surface area contributed by atoms with E-state index in [0.717, 1.165) is 64.2 Å². The van der Waals surface area contributed by atoms with E-state index in [-0.39, 0.29) is 11.6 Å². The zero-order chi connectivity index (χ0) is 23.0. The summed E-state index contributed by atoms with van der Waals surface area (Å²) in [5, 5.41) is 10.0. The molecule has 0 aromatic carbocycles. The number of halogens is 3. The Morgan fingerprint density at radius 3 is 2.39 bits per heavy atom. The lowest BCUT2D eigenvalue weighted by Gasteiger charge is -2.19. The number of alkyl halides is 3. The van der Waals surface area contributed by atoms with Gasteiger partial charge < -0.3 is 15.3 Å². The summed E-state index contributed by atoms with van der Waals surface area (Å²) in [5.41, 5.74) is 0.640. The number of fused-ring (bicyclic) bond motifs is 1. The monoisotopic (exact) mass is 447 g/mol. The first-order valence-electron chi connectivity index (χ1n) is 10.3. The van der Waals surface area contributed by atoms with Gasteiger partial charge in [0.05, 0.1) is 18.8 Å². The van der Waals surface area contributed by atoms with Gasteiger partial charge in [0.2, 0.25) is 0 Å². The van der Waals surface area contributed by atoms with Gasteiger partial charge in [-0.15, -0.1) is 0 Å². The molecule has 3 rings (SSSR count). The zero-order valence-electron chi connectivity index (χ0n) is 17.5. The Morgan fingerprint density at radius 1 is 1.16 bits per heavy atom. The van der Waals surface area contributed by atoms with Crippen molar-refractivity contribution in [2.24, 2.45) is 0 Å². The maximum Gasteiger partial charge on any atom is 0.490 e. The molecule has 2 aliphatic heterocycles. The second-order valence-electron chi connectivity index (χ2n) is 7.44. The summed E-state index contributed by atoms with van der Waals surface area (Å²) in [6.07, 6.45) is -0.881. The number of carboxylic acids is 1. The first-order chi connectivity index (χ1) is 14.6. The third-order valence-electron chi connectivity index (χ3n) is 4.96. The van der Waals surface area contributed by atoms with Crippen LogP contribution in [0.5, 0.6) is 0 Å². The maximum atomic E-state index is 12.4. The van der Waals surface area contributed by atoms with E-state index in [1.165, 1.54) is 0 Å². The van der Waals surface area contributed by atoms with Gasteiger partial charge in [0, 0.05) is 32.2 Å². The van der Waals surface area contributed by atoms with Crippen LogP contribution in [0.4, 0.5) is 18.0 Å². The van der Waals surface area contributed by atoms with Crippen LogP contribution in [-0.2, 0) is 24.4 Å². The van der Waals surface area contributed by atoms with Crippen LogP contribution in [0.2, 0.25) is 0 Å². The minimum absolute atomic E-state index is 0.0104. The standard InChI is InChI=1S/C17H27N5O2.C2HF3O2/c1-2-6-20-7-5-10-22-15(13-20)19-14(11-16(22)23)12-18-17(24)21-8-3-4-9-21;3-2(4,5)1(6)7/h11H,2-10,12-13H2,1H3,(H,18,24);(H,6,7). The molecule has 2 amide bonds. The van der Waals surface area contributed by atoms with Gasteiger partial charge in [0.25, 0.3) is 5.56 Å². The molecule has 3 heterocycles. The van der Waals surface area contributed by atoms with Crippen LogP contribution in [0, 0.1) is 0 Å². The number of carbonyl (C=O) groups excluding carboxylic acids is 1. The third-order valence-corrected chi connectivity index (χ3v) is 4.96. The summed E-state index contributed by atoms with van der Waals surface area (Å²) < 4.78 is 33.5. The minimum Gasteiger partial charge on any atom is -0.475 e. The van der Waals surface area contributed by atoms with Gasteiger partial charge in [-0.2, -0.15) is 13.2 Å². The van der Waals surface area contributed by atoms with E-state index in [4.69, 9.17) is 9.90 Å². The number of carboxylic acid groups (broad SMARTS) is 1. The van der Waals surface area contributed by atoms with E-state index in [1.54, 1.807) is 10.6 Å². The van der Waals surface area contributed by atoms with E-state index in [2.05, 4.69) is 22.1 Å². The normalized spacial score (nSPS) is 16.7. The summed E-state index contributed by atoms with van der Waals surface area (Å²) >= 11 is 0. The molecule has 0 atom stereocenters. The number of rotatable bonds is 4. The molecule has 1 saturated heterocycles. The average Bonchev–Trinajstić information content (AvgIpc) is 3.15. The molecular weight excluding hydrogens is 419 g/mol. The summed E-state index contributed by atoms with van der Waals surface area (Å²) in [4.78, 5) is 42.2. The molecule has 0 bridgehead atoms. The van der Waals surface area contributed by atoms with Gasteiger partial charge in [-0.1, -0.05) is 6.92 Å². The van der Waals surface area contributed by atoms with E-state index in [0.29, 0.717) is 18.8 Å². The number of nitrogens with one attached hydrogen (secondary N) is 1. The molecule has 0 spiro atoms. The van der Waals surface area contributed by atoms with Crippen LogP contribution in [0.25, 0.3) is 0 Å². The molecule has 0 saturated carbocycles. The molecule has 9 nitrogen and oxygen atoms in total. The van der Waals surface area contributed by atoms with Crippen molar-refractivity contribution in [2.75, 3.05) is 26.2 Å². The van der Waals surface area contributed by atoms with Crippen molar-refractivity contribution in [2.45, 2.75) is 58.4 Å². The van der Waals surface area contributed by atoms with Crippen molar-refractivity contribution in [3.8, 4) is 0 Å². The van der Waals surface area contributed by atoms with Gasteiger partial charge in [0.1, 0.15) is 5.82 Å². The molecular formula is C19H28F3N5O4. The molecule has 12 heteroatoms. The Kier molecular flexibility index (Phi) is 8.84. The molecule has 1 fully saturated rings. The molecule has 0 aliphatic carbocycles. The molecule has 0 radical (unpaired) electrons. The van der Waals surface area contributed by atoms with E-state index >= 15 is 0 Å². The predicted molar refractivity (Wildman–Crippen MR) is 105 cm³/mol. The predicted octanol–water partition coefficient (Wildman–Crippen LogP) is 1.80. The van der Waals surface area contributed by atoms with Crippen molar-refractivity contribution in [1.29, 1.82) is 0 Å². The number of amides is 2. The van der Waals surface area contributed by atoms with Crippen molar-refractivity contribution >= 4 is 12.0 Å². The van der Waals surface area contributed by atoms with Gasteiger partial charge in [-0.3, -0.25) is 14.3 Å². The number of urea groups is 1. The summed E-state index contributed by atoms with van der Waals surface area (Å²) in [5.74, 6) is -1.94. The largest absolute Gasteiger partial charge is 0.490 e. The molecule has 174 valence electrons. The van der Waals surface area contributed by atoms with Crippen LogP contribution >= 0.6 is 0 Å². The van der Waals surface area contributed by atoms with E-state index in [1.807, 2.05) is 4.90 Å². The second kappa shape index (κ2) is 11.1. The lowest BCUT2D eigenvalue weighted by molar-refractivity contribution is -0.192. The van der Waals surface area contributed by atoms with Crippen molar-refractivity contribution in [1.82, 2.24) is 24.7 Å². The van der Waals surface area contributed by atoms with Crippen molar-refractivity contribution in [3.05, 3.63) is 27.9 Å².